The van der Waals surface area contributed by atoms with Gasteiger partial charge in [0.1, 0.15) is 0 Å². The molecule has 0 atom stereocenters. The van der Waals surface area contributed by atoms with Crippen LogP contribution >= 0.6 is 0 Å². The van der Waals surface area contributed by atoms with Gasteiger partial charge in [-0.25, -0.2) is 8.78 Å². The van der Waals surface area contributed by atoms with Gasteiger partial charge in [-0.05, 0) is 0 Å². The summed E-state index contributed by atoms with van der Waals surface area (Å²) in [5.41, 5.74) is 0. The molecule has 0 heterocycles. The molecule has 0 N–H and O–H groups in total. The van der Waals surface area contributed by atoms with Gasteiger partial charge in [0.15, 0.2) is 0 Å². The van der Waals surface area contributed by atoms with E-state index in [9.17, 15) is 35.8 Å². The summed E-state index contributed by atoms with van der Waals surface area (Å²) in [7, 11) is 0. The van der Waals surface area contributed by atoms with Crippen LogP contribution in [0, 0.1) is 0 Å². The number of hydrogen-bond donors (Lipinski definition) is 0. The molecule has 0 rings (SSSR count). The third kappa shape index (κ3) is 3.40. The van der Waals surface area contributed by atoms with E-state index < -0.39 is 24.6 Å². The molecule has 0 aliphatic heterocycles. The topological polar surface area (TPSA) is 23.1 Å². The molecule has 0 saturated carbocycles. The zero-order valence-electron chi connectivity index (χ0n) is 6.26. The van der Waals surface area contributed by atoms with Crippen LogP contribution < -0.4 is 63.3 Å². The second kappa shape index (κ2) is 4.87. The molecule has 0 aromatic carbocycles. The number of halogens is 7. The second-order valence-corrected chi connectivity index (χ2v) is 1.92. The van der Waals surface area contributed by atoms with E-state index >= 15 is 0 Å². The van der Waals surface area contributed by atoms with Crippen molar-refractivity contribution < 1.29 is 94.0 Å². The van der Waals surface area contributed by atoms with E-state index in [4.69, 9.17) is 0 Å². The van der Waals surface area contributed by atoms with Gasteiger partial charge in [0.2, 0.25) is 0 Å². The summed E-state index contributed by atoms with van der Waals surface area (Å²) in [5.74, 6) is -11.9. The zero-order valence-corrected chi connectivity index (χ0v) is 11.2. The van der Waals surface area contributed by atoms with E-state index in [1.54, 1.807) is 0 Å². The van der Waals surface area contributed by atoms with Crippen molar-refractivity contribution in [3.8, 4) is 0 Å². The van der Waals surface area contributed by atoms with Crippen molar-refractivity contribution in [3.05, 3.63) is 0 Å². The Balaban J connectivity index is 0. The van der Waals surface area contributed by atoms with Crippen LogP contribution in [-0.4, -0.2) is 24.6 Å². The van der Waals surface area contributed by atoms with E-state index in [1.165, 1.54) is 0 Å². The van der Waals surface area contributed by atoms with Crippen molar-refractivity contribution in [3.63, 3.8) is 0 Å². The Morgan fingerprint density at radius 2 is 1.15 bits per heavy atom. The molecule has 0 bridgehead atoms. The fraction of sp³-hybridized carbons (Fsp3) is 1.00. The van der Waals surface area contributed by atoms with Crippen LogP contribution in [0.4, 0.5) is 30.7 Å². The zero-order chi connectivity index (χ0) is 10.2. The average molecular weight is 285 g/mol. The van der Waals surface area contributed by atoms with E-state index in [0.29, 0.717) is 0 Å². The number of hydrogen-bond acceptors (Lipinski definition) is 1. The van der Waals surface area contributed by atoms with E-state index in [1.807, 2.05) is 0 Å². The van der Waals surface area contributed by atoms with Gasteiger partial charge in [-0.3, -0.25) is 0 Å². The molecule has 1 nitrogen and oxygen atoms in total. The van der Waals surface area contributed by atoms with Crippen molar-refractivity contribution in [1.82, 2.24) is 0 Å². The predicted molar refractivity (Wildman–Crippen MR) is 20.8 cm³/mol. The first-order valence-electron chi connectivity index (χ1n) is 2.47. The van der Waals surface area contributed by atoms with Gasteiger partial charge < -0.3 is 5.11 Å². The van der Waals surface area contributed by atoms with E-state index in [2.05, 4.69) is 0 Å². The molecule has 0 aromatic rings. The molecular weight excluding hydrogens is 282 g/mol. The quantitative estimate of drug-likeness (QED) is 0.548. The Bertz CT molecular complexity index is 164. The Hall–Kier alpha value is 1.28. The SMILES string of the molecule is [O-]CC(F)(F)C(F)(F)C(F)(F)F.[Rb+]. The van der Waals surface area contributed by atoms with Crippen molar-refractivity contribution in [1.29, 1.82) is 0 Å². The first-order chi connectivity index (χ1) is 5.06. The molecule has 0 aliphatic rings. The second-order valence-electron chi connectivity index (χ2n) is 1.92. The molecule has 0 spiro atoms. The van der Waals surface area contributed by atoms with Gasteiger partial charge in [0, 0.05) is 0 Å². The normalized spacial score (nSPS) is 13.8. The molecular formula is C4H2F7ORb. The molecule has 74 valence electrons. The first kappa shape index (κ1) is 16.7. The van der Waals surface area contributed by atoms with Gasteiger partial charge in [-0.1, -0.05) is 6.61 Å². The van der Waals surface area contributed by atoms with Gasteiger partial charge >= 0.3 is 76.2 Å². The molecule has 0 amide bonds. The third-order valence-corrected chi connectivity index (χ3v) is 0.997. The summed E-state index contributed by atoms with van der Waals surface area (Å²) >= 11 is 0. The molecule has 0 saturated heterocycles. The largest absolute Gasteiger partial charge is 1.00 e. The van der Waals surface area contributed by atoms with Crippen molar-refractivity contribution in [2.75, 3.05) is 6.61 Å². The summed E-state index contributed by atoms with van der Waals surface area (Å²) in [4.78, 5) is 0. The van der Waals surface area contributed by atoms with Gasteiger partial charge in [0.25, 0.3) is 0 Å². The van der Waals surface area contributed by atoms with Crippen molar-refractivity contribution in [2.45, 2.75) is 18.0 Å². The molecule has 9 heteroatoms. The average Bonchev–Trinajstić information content (AvgIpc) is 1.85. The van der Waals surface area contributed by atoms with Crippen LogP contribution in [0.2, 0.25) is 0 Å². The van der Waals surface area contributed by atoms with Gasteiger partial charge in [0.05, 0.1) is 0 Å². The number of rotatable bonds is 2. The first-order valence-corrected chi connectivity index (χ1v) is 2.47. The predicted octanol–water partition coefficient (Wildman–Crippen LogP) is -1.82. The summed E-state index contributed by atoms with van der Waals surface area (Å²) in [6.07, 6.45) is -6.40. The standard InChI is InChI=1S/C4H2F7O.Rb/c5-2(6,1-12)3(7,8)4(9,10)11;/h1H2;/q-1;+1. The minimum Gasteiger partial charge on any atom is -0.850 e. The summed E-state index contributed by atoms with van der Waals surface area (Å²) in [6, 6.07) is 0. The Morgan fingerprint density at radius 3 is 1.23 bits per heavy atom. The van der Waals surface area contributed by atoms with Crippen LogP contribution in [0.25, 0.3) is 0 Å². The van der Waals surface area contributed by atoms with Gasteiger partial charge in [-0.15, -0.1) is 0 Å². The minimum atomic E-state index is -6.40. The van der Waals surface area contributed by atoms with Crippen LogP contribution in [0.3, 0.4) is 0 Å². The Morgan fingerprint density at radius 1 is 0.846 bits per heavy atom. The van der Waals surface area contributed by atoms with Gasteiger partial charge in [-0.2, -0.15) is 22.0 Å². The molecule has 0 aliphatic carbocycles. The fourth-order valence-electron chi connectivity index (χ4n) is 0.298. The number of alkyl halides is 7. The van der Waals surface area contributed by atoms with E-state index in [0.717, 1.165) is 0 Å². The summed E-state index contributed by atoms with van der Waals surface area (Å²) in [5, 5.41) is 9.31. The van der Waals surface area contributed by atoms with Crippen LogP contribution in [0.15, 0.2) is 0 Å². The maximum Gasteiger partial charge on any atom is 1.00 e. The minimum absolute atomic E-state index is 0. The molecule has 13 heavy (non-hydrogen) atoms. The fourth-order valence-corrected chi connectivity index (χ4v) is 0.298. The summed E-state index contributed by atoms with van der Waals surface area (Å²) in [6.45, 7) is -2.81. The third-order valence-electron chi connectivity index (χ3n) is 0.997. The summed E-state index contributed by atoms with van der Waals surface area (Å²) < 4.78 is 80.0. The van der Waals surface area contributed by atoms with Crippen LogP contribution in [0.1, 0.15) is 0 Å². The van der Waals surface area contributed by atoms with Crippen LogP contribution in [-0.2, 0) is 0 Å². The van der Waals surface area contributed by atoms with Crippen molar-refractivity contribution in [2.24, 2.45) is 0 Å². The maximum absolute atomic E-state index is 11.6. The maximum atomic E-state index is 11.6. The molecule has 0 unspecified atom stereocenters. The molecule has 0 aromatic heterocycles. The molecule has 0 fully saturated rings. The van der Waals surface area contributed by atoms with E-state index in [-0.39, 0.29) is 58.2 Å². The Kier molecular flexibility index (Phi) is 6.25. The smallest absolute Gasteiger partial charge is 0.850 e. The van der Waals surface area contributed by atoms with Crippen molar-refractivity contribution >= 4 is 0 Å². The van der Waals surface area contributed by atoms with Crippen LogP contribution in [0.5, 0.6) is 0 Å². The Labute approximate surface area is 117 Å². The molecule has 0 radical (unpaired) electrons. The monoisotopic (exact) mass is 284 g/mol.